The van der Waals surface area contributed by atoms with Gasteiger partial charge in [-0.1, -0.05) is 6.08 Å². The Kier molecular flexibility index (Phi) is 8.13. The quantitative estimate of drug-likeness (QED) is 0.392. The molecule has 0 atom stereocenters. The molecule has 0 saturated carbocycles. The van der Waals surface area contributed by atoms with Gasteiger partial charge in [0.05, 0.1) is 24.9 Å². The predicted octanol–water partition coefficient (Wildman–Crippen LogP) is 3.10. The molecule has 0 aliphatic heterocycles. The van der Waals surface area contributed by atoms with E-state index in [4.69, 9.17) is 9.47 Å². The summed E-state index contributed by atoms with van der Waals surface area (Å²) in [5.74, 6) is 2.22. The van der Waals surface area contributed by atoms with Gasteiger partial charge in [0.1, 0.15) is 0 Å². The number of allylic oxidation sites excluding steroid dienone is 1. The normalized spacial score (nSPS) is 11.2. The van der Waals surface area contributed by atoms with E-state index in [1.165, 1.54) is 0 Å². The second-order valence-electron chi connectivity index (χ2n) is 5.94. The van der Waals surface area contributed by atoms with Crippen LogP contribution in [0.4, 0.5) is 0 Å². The van der Waals surface area contributed by atoms with Gasteiger partial charge in [0, 0.05) is 37.5 Å². The van der Waals surface area contributed by atoms with E-state index in [2.05, 4.69) is 38.6 Å². The molecule has 0 aliphatic carbocycles. The zero-order valence-corrected chi connectivity index (χ0v) is 17.3. The molecule has 6 nitrogen and oxygen atoms in total. The minimum atomic E-state index is 0.625. The van der Waals surface area contributed by atoms with Crippen LogP contribution in [0.3, 0.4) is 0 Å². The lowest BCUT2D eigenvalue weighted by molar-refractivity contribution is 0.352. The Morgan fingerprint density at radius 1 is 1.30 bits per heavy atom. The Bertz CT molecular complexity index is 786. The number of rotatable bonds is 9. The lowest BCUT2D eigenvalue weighted by Crippen LogP contribution is -2.37. The van der Waals surface area contributed by atoms with Crippen molar-refractivity contribution in [1.82, 2.24) is 15.6 Å². The fourth-order valence-electron chi connectivity index (χ4n) is 2.75. The molecule has 0 spiro atoms. The zero-order chi connectivity index (χ0) is 19.6. The van der Waals surface area contributed by atoms with Gasteiger partial charge in [0.2, 0.25) is 0 Å². The molecule has 0 amide bonds. The lowest BCUT2D eigenvalue weighted by Gasteiger charge is -2.16. The minimum absolute atomic E-state index is 0.625. The van der Waals surface area contributed by atoms with Gasteiger partial charge in [-0.3, -0.25) is 4.99 Å². The number of aliphatic imine (C=N–C) groups is 1. The molecular formula is C20H28N4O2S. The molecule has 1 aromatic carbocycles. The Morgan fingerprint density at radius 3 is 2.70 bits per heavy atom. The summed E-state index contributed by atoms with van der Waals surface area (Å²) in [5, 5.41) is 9.84. The molecule has 0 unspecified atom stereocenters. The van der Waals surface area contributed by atoms with E-state index >= 15 is 0 Å². The highest BCUT2D eigenvalue weighted by Crippen LogP contribution is 2.33. The summed E-state index contributed by atoms with van der Waals surface area (Å²) in [6, 6.07) is 4.07. The van der Waals surface area contributed by atoms with E-state index in [1.54, 1.807) is 32.6 Å². The van der Waals surface area contributed by atoms with Crippen molar-refractivity contribution in [3.8, 4) is 11.5 Å². The van der Waals surface area contributed by atoms with Gasteiger partial charge in [-0.25, -0.2) is 4.98 Å². The van der Waals surface area contributed by atoms with E-state index in [1.807, 2.05) is 19.1 Å². The molecule has 2 aromatic rings. The van der Waals surface area contributed by atoms with Gasteiger partial charge < -0.3 is 20.1 Å². The monoisotopic (exact) mass is 388 g/mol. The number of aromatic nitrogens is 1. The summed E-state index contributed by atoms with van der Waals surface area (Å²) in [7, 11) is 5.06. The Morgan fingerprint density at radius 2 is 2.11 bits per heavy atom. The molecule has 7 heteroatoms. The number of aryl methyl sites for hydroxylation is 1. The highest BCUT2D eigenvalue weighted by Gasteiger charge is 2.12. The van der Waals surface area contributed by atoms with Crippen molar-refractivity contribution >= 4 is 17.3 Å². The molecule has 2 N–H and O–H groups in total. The van der Waals surface area contributed by atoms with E-state index in [0.29, 0.717) is 13.0 Å². The van der Waals surface area contributed by atoms with E-state index in [9.17, 15) is 0 Å². The second kappa shape index (κ2) is 10.6. The minimum Gasteiger partial charge on any atom is -0.493 e. The van der Waals surface area contributed by atoms with Crippen molar-refractivity contribution in [2.75, 3.05) is 27.8 Å². The van der Waals surface area contributed by atoms with E-state index in [-0.39, 0.29) is 0 Å². The van der Waals surface area contributed by atoms with Gasteiger partial charge >= 0.3 is 0 Å². The number of hydrogen-bond acceptors (Lipinski definition) is 5. The van der Waals surface area contributed by atoms with Crippen LogP contribution in [0.15, 0.2) is 35.2 Å². The maximum atomic E-state index is 5.48. The van der Waals surface area contributed by atoms with Crippen molar-refractivity contribution in [2.24, 2.45) is 4.99 Å². The van der Waals surface area contributed by atoms with E-state index in [0.717, 1.165) is 52.3 Å². The van der Waals surface area contributed by atoms with E-state index < -0.39 is 0 Å². The first-order valence-electron chi connectivity index (χ1n) is 8.81. The number of thiazole rings is 1. The number of nitrogens with zero attached hydrogens (tertiary/aromatic N) is 2. The first-order chi connectivity index (χ1) is 13.1. The molecular weight excluding hydrogens is 360 g/mol. The van der Waals surface area contributed by atoms with Crippen LogP contribution >= 0.6 is 11.3 Å². The lowest BCUT2D eigenvalue weighted by atomic mass is 10.1. The highest BCUT2D eigenvalue weighted by molar-refractivity contribution is 7.09. The number of methoxy groups -OCH3 is 2. The molecule has 146 valence electrons. The SMILES string of the molecule is C=CCc1cc(CNC(=NC)NCCc2csc(C)n2)cc(OC)c1OC. The molecule has 27 heavy (non-hydrogen) atoms. The summed E-state index contributed by atoms with van der Waals surface area (Å²) in [4.78, 5) is 8.75. The molecule has 0 saturated heterocycles. The van der Waals surface area contributed by atoms with Gasteiger partial charge in [-0.2, -0.15) is 0 Å². The zero-order valence-electron chi connectivity index (χ0n) is 16.5. The van der Waals surface area contributed by atoms with Crippen molar-refractivity contribution in [1.29, 1.82) is 0 Å². The Balaban J connectivity index is 1.96. The van der Waals surface area contributed by atoms with Crippen molar-refractivity contribution in [3.05, 3.63) is 52.0 Å². The van der Waals surface area contributed by atoms with Crippen LogP contribution < -0.4 is 20.1 Å². The topological polar surface area (TPSA) is 67.8 Å². The first-order valence-corrected chi connectivity index (χ1v) is 9.69. The van der Waals surface area contributed by atoms with Crippen molar-refractivity contribution < 1.29 is 9.47 Å². The summed E-state index contributed by atoms with van der Waals surface area (Å²) in [5.41, 5.74) is 3.24. The van der Waals surface area contributed by atoms with Crippen LogP contribution in [0.1, 0.15) is 21.8 Å². The number of guanidine groups is 1. The summed E-state index contributed by atoms with van der Waals surface area (Å²) >= 11 is 1.67. The van der Waals surface area contributed by atoms with Crippen LogP contribution in [-0.2, 0) is 19.4 Å². The van der Waals surface area contributed by atoms with Gasteiger partial charge in [0.15, 0.2) is 17.5 Å². The highest BCUT2D eigenvalue weighted by atomic mass is 32.1. The third kappa shape index (κ3) is 5.99. The molecule has 0 bridgehead atoms. The average Bonchev–Trinajstić information content (AvgIpc) is 3.09. The van der Waals surface area contributed by atoms with Crippen LogP contribution in [0, 0.1) is 6.92 Å². The van der Waals surface area contributed by atoms with Crippen LogP contribution in [0.5, 0.6) is 11.5 Å². The summed E-state index contributed by atoms with van der Waals surface area (Å²) in [6.07, 6.45) is 3.44. The second-order valence-corrected chi connectivity index (χ2v) is 7.01. The van der Waals surface area contributed by atoms with Gasteiger partial charge in [0.25, 0.3) is 0 Å². The maximum Gasteiger partial charge on any atom is 0.191 e. The third-order valence-electron chi connectivity index (χ3n) is 4.00. The first kappa shape index (κ1) is 20.8. The van der Waals surface area contributed by atoms with Crippen LogP contribution in [0.2, 0.25) is 0 Å². The smallest absolute Gasteiger partial charge is 0.191 e. The maximum absolute atomic E-state index is 5.48. The third-order valence-corrected chi connectivity index (χ3v) is 4.83. The fourth-order valence-corrected chi connectivity index (χ4v) is 3.40. The van der Waals surface area contributed by atoms with Gasteiger partial charge in [-0.05, 0) is 31.0 Å². The Labute approximate surface area is 165 Å². The average molecular weight is 389 g/mol. The largest absolute Gasteiger partial charge is 0.493 e. The molecule has 0 fully saturated rings. The number of ether oxygens (including phenoxy) is 2. The molecule has 1 heterocycles. The van der Waals surface area contributed by atoms with Gasteiger partial charge in [-0.15, -0.1) is 17.9 Å². The van der Waals surface area contributed by atoms with Crippen molar-refractivity contribution in [2.45, 2.75) is 26.3 Å². The molecule has 0 aliphatic rings. The van der Waals surface area contributed by atoms with Crippen LogP contribution in [0.25, 0.3) is 0 Å². The molecule has 2 rings (SSSR count). The molecule has 1 aromatic heterocycles. The van der Waals surface area contributed by atoms with Crippen molar-refractivity contribution in [3.63, 3.8) is 0 Å². The van der Waals surface area contributed by atoms with Crippen LogP contribution in [-0.4, -0.2) is 38.8 Å². The summed E-state index contributed by atoms with van der Waals surface area (Å²) < 4.78 is 11.0. The number of nitrogens with one attached hydrogen (secondary N) is 2. The fraction of sp³-hybridized carbons (Fsp3) is 0.400. The standard InChI is InChI=1S/C20H28N4O2S/c1-6-7-16-10-15(11-18(25-4)19(16)26-5)12-23-20(21-3)22-9-8-17-13-27-14(2)24-17/h6,10-11,13H,1,7-9,12H2,2-5H3,(H2,21,22,23). The summed E-state index contributed by atoms with van der Waals surface area (Å²) in [6.45, 7) is 7.24. The molecule has 0 radical (unpaired) electrons. The Hall–Kier alpha value is -2.54. The number of benzene rings is 1. The predicted molar refractivity (Wildman–Crippen MR) is 112 cm³/mol. The number of hydrogen-bond donors (Lipinski definition) is 2.